The molecule has 22 heavy (non-hydrogen) atoms. The van der Waals surface area contributed by atoms with Gasteiger partial charge in [-0.25, -0.2) is 0 Å². The third-order valence-electron chi connectivity index (χ3n) is 3.17. The van der Waals surface area contributed by atoms with Crippen molar-refractivity contribution in [2.75, 3.05) is 5.32 Å². The van der Waals surface area contributed by atoms with Crippen LogP contribution in [0.3, 0.4) is 0 Å². The molecule has 5 heteroatoms. The van der Waals surface area contributed by atoms with Crippen LogP contribution in [-0.4, -0.2) is 16.1 Å². The first-order valence-corrected chi connectivity index (χ1v) is 6.95. The van der Waals surface area contributed by atoms with Crippen molar-refractivity contribution in [3.05, 3.63) is 77.5 Å². The molecule has 0 atom stereocenters. The summed E-state index contributed by atoms with van der Waals surface area (Å²) in [6.45, 7) is 1.76. The van der Waals surface area contributed by atoms with Crippen LogP contribution in [0.5, 0.6) is 0 Å². The van der Waals surface area contributed by atoms with E-state index in [1.807, 2.05) is 42.5 Å². The summed E-state index contributed by atoms with van der Waals surface area (Å²) in [6.07, 6.45) is 0.577. The zero-order valence-electron chi connectivity index (χ0n) is 12.1. The Hall–Kier alpha value is -2.95. The number of hydrogen-bond acceptors (Lipinski definition) is 4. The van der Waals surface area contributed by atoms with Gasteiger partial charge < -0.3 is 9.73 Å². The molecule has 1 N–H and O–H groups in total. The summed E-state index contributed by atoms with van der Waals surface area (Å²) in [6, 6.07) is 16.7. The normalized spacial score (nSPS) is 10.4. The summed E-state index contributed by atoms with van der Waals surface area (Å²) < 4.78 is 5.35. The van der Waals surface area contributed by atoms with Gasteiger partial charge in [-0.15, -0.1) is 10.2 Å². The lowest BCUT2D eigenvalue weighted by Crippen LogP contribution is -2.11. The Morgan fingerprint density at radius 1 is 1.05 bits per heavy atom. The maximum Gasteiger partial charge on any atom is 0.255 e. The summed E-state index contributed by atoms with van der Waals surface area (Å²) in [5.74, 6) is 1.01. The number of rotatable bonds is 4. The third kappa shape index (κ3) is 3.38. The van der Waals surface area contributed by atoms with Crippen LogP contribution in [-0.2, 0) is 6.42 Å². The van der Waals surface area contributed by atoms with E-state index in [1.54, 1.807) is 19.1 Å². The Labute approximate surface area is 128 Å². The number of hydrogen-bond donors (Lipinski definition) is 1. The maximum absolute atomic E-state index is 12.0. The molecule has 0 radical (unpaired) electrons. The predicted octanol–water partition coefficient (Wildman–Crippen LogP) is 3.22. The van der Waals surface area contributed by atoms with Crippen molar-refractivity contribution in [2.45, 2.75) is 13.3 Å². The Morgan fingerprint density at radius 2 is 1.77 bits per heavy atom. The number of amides is 1. The number of carbonyl (C=O) groups is 1. The minimum absolute atomic E-state index is 0.124. The van der Waals surface area contributed by atoms with E-state index < -0.39 is 0 Å². The number of aryl methyl sites for hydroxylation is 1. The highest BCUT2D eigenvalue weighted by molar-refractivity contribution is 6.04. The maximum atomic E-state index is 12.0. The summed E-state index contributed by atoms with van der Waals surface area (Å²) in [5.41, 5.74) is 2.42. The molecule has 0 saturated carbocycles. The van der Waals surface area contributed by atoms with Crippen molar-refractivity contribution in [2.24, 2.45) is 0 Å². The summed E-state index contributed by atoms with van der Waals surface area (Å²) in [4.78, 5) is 12.0. The zero-order chi connectivity index (χ0) is 15.4. The third-order valence-corrected chi connectivity index (χ3v) is 3.17. The van der Waals surface area contributed by atoms with Gasteiger partial charge in [0.15, 0.2) is 0 Å². The van der Waals surface area contributed by atoms with Crippen LogP contribution in [0.15, 0.2) is 59.0 Å². The van der Waals surface area contributed by atoms with Crippen molar-refractivity contribution in [3.63, 3.8) is 0 Å². The fourth-order valence-corrected chi connectivity index (χ4v) is 2.08. The molecular formula is C17H15N3O2. The SMILES string of the molecule is Cc1nnc(Cc2ccc(NC(=O)c3ccccc3)cc2)o1. The van der Waals surface area contributed by atoms with Crippen molar-refractivity contribution < 1.29 is 9.21 Å². The number of nitrogens with one attached hydrogen (secondary N) is 1. The van der Waals surface area contributed by atoms with E-state index in [-0.39, 0.29) is 5.91 Å². The van der Waals surface area contributed by atoms with Crippen LogP contribution in [0.2, 0.25) is 0 Å². The molecule has 0 bridgehead atoms. The van der Waals surface area contributed by atoms with Crippen molar-refractivity contribution >= 4 is 11.6 Å². The van der Waals surface area contributed by atoms with E-state index in [1.165, 1.54) is 0 Å². The first kappa shape index (κ1) is 14.0. The molecule has 0 spiro atoms. The largest absolute Gasteiger partial charge is 0.425 e. The first-order valence-electron chi connectivity index (χ1n) is 6.95. The van der Waals surface area contributed by atoms with Gasteiger partial charge in [-0.05, 0) is 29.8 Å². The molecule has 110 valence electrons. The monoisotopic (exact) mass is 293 g/mol. The molecule has 0 unspecified atom stereocenters. The van der Waals surface area contributed by atoms with Gasteiger partial charge in [-0.1, -0.05) is 30.3 Å². The van der Waals surface area contributed by atoms with Crippen LogP contribution in [0.4, 0.5) is 5.69 Å². The summed E-state index contributed by atoms with van der Waals surface area (Å²) in [5, 5.41) is 10.6. The zero-order valence-corrected chi connectivity index (χ0v) is 12.1. The minimum atomic E-state index is -0.124. The summed E-state index contributed by atoms with van der Waals surface area (Å²) >= 11 is 0. The van der Waals surface area contributed by atoms with Crippen molar-refractivity contribution in [1.82, 2.24) is 10.2 Å². The summed E-state index contributed by atoms with van der Waals surface area (Å²) in [7, 11) is 0. The Bertz CT molecular complexity index is 764. The fraction of sp³-hybridized carbons (Fsp3) is 0.118. The smallest absolute Gasteiger partial charge is 0.255 e. The van der Waals surface area contributed by atoms with Crippen LogP contribution >= 0.6 is 0 Å². The van der Waals surface area contributed by atoms with Crippen molar-refractivity contribution in [3.8, 4) is 0 Å². The molecule has 5 nitrogen and oxygen atoms in total. The average molecular weight is 293 g/mol. The van der Waals surface area contributed by atoms with Crippen LogP contribution in [0.25, 0.3) is 0 Å². The predicted molar refractivity (Wildman–Crippen MR) is 82.7 cm³/mol. The highest BCUT2D eigenvalue weighted by Crippen LogP contribution is 2.14. The van der Waals surface area contributed by atoms with Crippen LogP contribution in [0, 0.1) is 6.92 Å². The number of aromatic nitrogens is 2. The number of nitrogens with zero attached hydrogens (tertiary/aromatic N) is 2. The number of carbonyl (C=O) groups excluding carboxylic acids is 1. The molecule has 0 aliphatic rings. The second-order valence-corrected chi connectivity index (χ2v) is 4.91. The van der Waals surface area contributed by atoms with Gasteiger partial charge in [0.2, 0.25) is 11.8 Å². The average Bonchev–Trinajstić information content (AvgIpc) is 2.95. The quantitative estimate of drug-likeness (QED) is 0.802. The van der Waals surface area contributed by atoms with E-state index in [0.29, 0.717) is 23.8 Å². The molecule has 2 aromatic carbocycles. The molecule has 0 aliphatic heterocycles. The number of anilines is 1. The molecule has 1 aromatic heterocycles. The molecule has 0 aliphatic carbocycles. The van der Waals surface area contributed by atoms with Gasteiger partial charge in [0.05, 0.1) is 6.42 Å². The lowest BCUT2D eigenvalue weighted by molar-refractivity contribution is 0.102. The first-order chi connectivity index (χ1) is 10.7. The fourth-order valence-electron chi connectivity index (χ4n) is 2.08. The van der Waals surface area contributed by atoms with Crippen LogP contribution < -0.4 is 5.32 Å². The van der Waals surface area contributed by atoms with Gasteiger partial charge in [0.1, 0.15) is 0 Å². The molecule has 3 aromatic rings. The molecule has 1 heterocycles. The number of benzene rings is 2. The molecular weight excluding hydrogens is 278 g/mol. The highest BCUT2D eigenvalue weighted by atomic mass is 16.4. The van der Waals surface area contributed by atoms with E-state index >= 15 is 0 Å². The van der Waals surface area contributed by atoms with E-state index in [9.17, 15) is 4.79 Å². The lowest BCUT2D eigenvalue weighted by Gasteiger charge is -2.06. The Kier molecular flexibility index (Phi) is 3.96. The standard InChI is InChI=1S/C17H15N3O2/c1-12-19-20-16(22-12)11-13-7-9-15(10-8-13)18-17(21)14-5-3-2-4-6-14/h2-10H,11H2,1H3,(H,18,21). The van der Waals surface area contributed by atoms with Gasteiger partial charge in [0.25, 0.3) is 5.91 Å². The second kappa shape index (κ2) is 6.22. The molecule has 3 rings (SSSR count). The second-order valence-electron chi connectivity index (χ2n) is 4.91. The van der Waals surface area contributed by atoms with Crippen LogP contribution in [0.1, 0.15) is 27.7 Å². The van der Waals surface area contributed by atoms with E-state index in [2.05, 4.69) is 15.5 Å². The lowest BCUT2D eigenvalue weighted by atomic mass is 10.1. The van der Waals surface area contributed by atoms with Gasteiger partial charge in [-0.2, -0.15) is 0 Å². The minimum Gasteiger partial charge on any atom is -0.425 e. The van der Waals surface area contributed by atoms with Crippen molar-refractivity contribution in [1.29, 1.82) is 0 Å². The van der Waals surface area contributed by atoms with Gasteiger partial charge in [0, 0.05) is 18.2 Å². The van der Waals surface area contributed by atoms with Gasteiger partial charge >= 0.3 is 0 Å². The molecule has 0 fully saturated rings. The molecule has 0 saturated heterocycles. The highest BCUT2D eigenvalue weighted by Gasteiger charge is 2.06. The molecule has 1 amide bonds. The topological polar surface area (TPSA) is 68.0 Å². The van der Waals surface area contributed by atoms with Gasteiger partial charge in [-0.3, -0.25) is 4.79 Å². The van der Waals surface area contributed by atoms with E-state index in [4.69, 9.17) is 4.42 Å². The Balaban J connectivity index is 1.65. The van der Waals surface area contributed by atoms with E-state index in [0.717, 1.165) is 11.3 Å². The Morgan fingerprint density at radius 3 is 2.41 bits per heavy atom.